The van der Waals surface area contributed by atoms with Gasteiger partial charge < -0.3 is 4.74 Å². The lowest BCUT2D eigenvalue weighted by molar-refractivity contribution is -0.144. The number of sulfonamides is 1. The second kappa shape index (κ2) is 7.12. The van der Waals surface area contributed by atoms with E-state index in [1.54, 1.807) is 0 Å². The molecule has 1 atom stereocenters. The lowest BCUT2D eigenvalue weighted by atomic mass is 10.0. The molecule has 0 fully saturated rings. The van der Waals surface area contributed by atoms with Gasteiger partial charge >= 0.3 is 11.7 Å². The van der Waals surface area contributed by atoms with Crippen molar-refractivity contribution in [1.82, 2.24) is 18.5 Å². The lowest BCUT2D eigenvalue weighted by Crippen LogP contribution is -2.36. The van der Waals surface area contributed by atoms with Crippen molar-refractivity contribution < 1.29 is 17.9 Å². The molecule has 0 saturated heterocycles. The number of benzene rings is 1. The van der Waals surface area contributed by atoms with E-state index in [9.17, 15) is 18.0 Å². The number of nitrogens with zero attached hydrogens (tertiary/aromatic N) is 4. The van der Waals surface area contributed by atoms with E-state index in [-0.39, 0.29) is 17.1 Å². The number of carbonyl (C=O) groups is 1. The van der Waals surface area contributed by atoms with Crippen molar-refractivity contribution in [1.29, 1.82) is 0 Å². The topological polar surface area (TPSA) is 103 Å². The van der Waals surface area contributed by atoms with Gasteiger partial charge in [0.1, 0.15) is 4.90 Å². The number of hydrogen-bond acceptors (Lipinski definition) is 6. The molecule has 1 aromatic carbocycles. The highest BCUT2D eigenvalue weighted by Crippen LogP contribution is 2.26. The fourth-order valence-electron chi connectivity index (χ4n) is 3.53. The predicted octanol–water partition coefficient (Wildman–Crippen LogP) is 0.977. The van der Waals surface area contributed by atoms with E-state index < -0.39 is 27.7 Å². The summed E-state index contributed by atoms with van der Waals surface area (Å²) in [6.07, 6.45) is 2.04. The first-order valence-corrected chi connectivity index (χ1v) is 10.5. The van der Waals surface area contributed by atoms with Crippen LogP contribution in [0.15, 0.2) is 52.3 Å². The highest BCUT2D eigenvalue weighted by Gasteiger charge is 2.32. The summed E-state index contributed by atoms with van der Waals surface area (Å²) in [6, 6.07) is 9.64. The van der Waals surface area contributed by atoms with Gasteiger partial charge in [0.2, 0.25) is 10.0 Å². The largest absolute Gasteiger partial charge is 0.467 e. The summed E-state index contributed by atoms with van der Waals surface area (Å²) in [5, 5.41) is 4.15. The molecule has 0 aliphatic carbocycles. The van der Waals surface area contributed by atoms with Crippen LogP contribution in [-0.2, 0) is 32.5 Å². The van der Waals surface area contributed by atoms with E-state index in [0.717, 1.165) is 20.2 Å². The molecule has 1 aliphatic rings. The number of hydrogen-bond donors (Lipinski definition) is 0. The summed E-state index contributed by atoms with van der Waals surface area (Å²) < 4.78 is 34.8. The Bertz CT molecular complexity index is 1260. The van der Waals surface area contributed by atoms with E-state index in [0.29, 0.717) is 13.0 Å². The Hall–Kier alpha value is -2.98. The zero-order valence-corrected chi connectivity index (χ0v) is 16.8. The van der Waals surface area contributed by atoms with Crippen LogP contribution in [-0.4, -0.2) is 46.5 Å². The summed E-state index contributed by atoms with van der Waals surface area (Å²) in [5.41, 5.74) is 1.45. The maximum atomic E-state index is 13.4. The second-order valence-corrected chi connectivity index (χ2v) is 8.76. The van der Waals surface area contributed by atoms with Gasteiger partial charge in [-0.2, -0.15) is 8.99 Å². The third-order valence-electron chi connectivity index (χ3n) is 5.16. The Balaban J connectivity index is 1.80. The van der Waals surface area contributed by atoms with E-state index in [1.165, 1.54) is 36.7 Å². The molecule has 29 heavy (non-hydrogen) atoms. The van der Waals surface area contributed by atoms with Crippen LogP contribution < -0.4 is 5.69 Å². The maximum absolute atomic E-state index is 13.4. The zero-order valence-electron chi connectivity index (χ0n) is 16.0. The zero-order chi connectivity index (χ0) is 20.8. The average Bonchev–Trinajstić information content (AvgIpc) is 3.08. The Morgan fingerprint density at radius 3 is 2.62 bits per heavy atom. The second-order valence-electron chi connectivity index (χ2n) is 6.85. The van der Waals surface area contributed by atoms with Crippen LogP contribution in [0.4, 0.5) is 0 Å². The van der Waals surface area contributed by atoms with Gasteiger partial charge in [-0.05, 0) is 36.6 Å². The third kappa shape index (κ3) is 3.14. The molecule has 3 heterocycles. The number of methoxy groups -OCH3 is 1. The van der Waals surface area contributed by atoms with Crippen LogP contribution in [0.2, 0.25) is 0 Å². The smallest absolute Gasteiger partial charge is 0.351 e. The third-order valence-corrected chi connectivity index (χ3v) is 7.02. The molecule has 0 N–H and O–H groups in total. The molecule has 0 radical (unpaired) electrons. The molecule has 1 aliphatic heterocycles. The standard InChI is InChI=1S/C19H20N4O5S/c1-13(18(24)28-2)23-19(25)22-10-5-8-16(17(22)20-23)29(26,27)21-11-9-14-6-3-4-7-15(14)12-21/h3-8,10,13H,9,11-12H2,1-2H3/t13-/m0/s1. The maximum Gasteiger partial charge on any atom is 0.351 e. The number of ether oxygens (including phenoxy) is 1. The van der Waals surface area contributed by atoms with Crippen molar-refractivity contribution >= 4 is 21.6 Å². The van der Waals surface area contributed by atoms with Gasteiger partial charge in [-0.1, -0.05) is 24.3 Å². The number of fused-ring (bicyclic) bond motifs is 2. The minimum atomic E-state index is -3.90. The van der Waals surface area contributed by atoms with E-state index in [1.807, 2.05) is 24.3 Å². The monoisotopic (exact) mass is 416 g/mol. The molecule has 4 rings (SSSR count). The lowest BCUT2D eigenvalue weighted by Gasteiger charge is -2.28. The Morgan fingerprint density at radius 1 is 1.17 bits per heavy atom. The van der Waals surface area contributed by atoms with E-state index in [4.69, 9.17) is 0 Å². The Kier molecular flexibility index (Phi) is 4.75. The van der Waals surface area contributed by atoms with Crippen LogP contribution in [0, 0.1) is 0 Å². The molecule has 0 amide bonds. The summed E-state index contributed by atoms with van der Waals surface area (Å²) in [7, 11) is -2.69. The minimum Gasteiger partial charge on any atom is -0.467 e. The number of carbonyl (C=O) groups excluding carboxylic acids is 1. The number of pyridine rings is 1. The molecule has 3 aromatic rings. The summed E-state index contributed by atoms with van der Waals surface area (Å²) in [5.74, 6) is -0.646. The number of rotatable bonds is 4. The van der Waals surface area contributed by atoms with Crippen molar-refractivity contribution in [2.75, 3.05) is 13.7 Å². The highest BCUT2D eigenvalue weighted by atomic mass is 32.2. The minimum absolute atomic E-state index is 0.0212. The molecular weight excluding hydrogens is 396 g/mol. The van der Waals surface area contributed by atoms with Crippen molar-refractivity contribution in [3.63, 3.8) is 0 Å². The molecule has 0 bridgehead atoms. The SMILES string of the molecule is COC(=O)[C@H](C)n1nc2c(S(=O)(=O)N3CCc4ccccc4C3)cccn2c1=O. The van der Waals surface area contributed by atoms with Crippen LogP contribution in [0.3, 0.4) is 0 Å². The molecule has 0 unspecified atom stereocenters. The summed E-state index contributed by atoms with van der Waals surface area (Å²) in [4.78, 5) is 24.4. The first-order valence-electron chi connectivity index (χ1n) is 9.09. The fourth-order valence-corrected chi connectivity index (χ4v) is 5.06. The fraction of sp³-hybridized carbons (Fsp3) is 0.316. The molecule has 152 valence electrons. The number of aromatic nitrogens is 3. The molecule has 2 aromatic heterocycles. The van der Waals surface area contributed by atoms with Gasteiger partial charge in [0.15, 0.2) is 11.7 Å². The molecule has 0 saturated carbocycles. The molecular formula is C19H20N4O5S. The van der Waals surface area contributed by atoms with E-state index in [2.05, 4.69) is 9.84 Å². The highest BCUT2D eigenvalue weighted by molar-refractivity contribution is 7.89. The van der Waals surface area contributed by atoms with E-state index >= 15 is 0 Å². The van der Waals surface area contributed by atoms with Gasteiger partial charge in [-0.15, -0.1) is 5.10 Å². The molecule has 10 heteroatoms. The normalized spacial score (nSPS) is 15.8. The van der Waals surface area contributed by atoms with Gasteiger partial charge in [0, 0.05) is 19.3 Å². The molecule has 9 nitrogen and oxygen atoms in total. The Labute approximate surface area is 167 Å². The first kappa shape index (κ1) is 19.3. The quantitative estimate of drug-likeness (QED) is 0.588. The summed E-state index contributed by atoms with van der Waals surface area (Å²) >= 11 is 0. The van der Waals surface area contributed by atoms with Crippen LogP contribution in [0.5, 0.6) is 0 Å². The van der Waals surface area contributed by atoms with Crippen molar-refractivity contribution in [2.45, 2.75) is 30.8 Å². The van der Waals surface area contributed by atoms with Crippen LogP contribution in [0.25, 0.3) is 5.65 Å². The van der Waals surface area contributed by atoms with Gasteiger partial charge in [-0.25, -0.2) is 22.4 Å². The van der Waals surface area contributed by atoms with Gasteiger partial charge in [0.05, 0.1) is 7.11 Å². The predicted molar refractivity (Wildman–Crippen MR) is 104 cm³/mol. The van der Waals surface area contributed by atoms with Crippen LogP contribution >= 0.6 is 0 Å². The molecule has 0 spiro atoms. The van der Waals surface area contributed by atoms with Gasteiger partial charge in [0.25, 0.3) is 0 Å². The number of esters is 1. The van der Waals surface area contributed by atoms with Crippen molar-refractivity contribution in [3.05, 3.63) is 64.2 Å². The van der Waals surface area contributed by atoms with Crippen molar-refractivity contribution in [3.8, 4) is 0 Å². The van der Waals surface area contributed by atoms with Crippen LogP contribution in [0.1, 0.15) is 24.1 Å². The van der Waals surface area contributed by atoms with Gasteiger partial charge in [-0.3, -0.25) is 0 Å². The first-order chi connectivity index (χ1) is 13.8. The average molecular weight is 416 g/mol. The summed E-state index contributed by atoms with van der Waals surface area (Å²) in [6.45, 7) is 2.06. The Morgan fingerprint density at radius 2 is 1.90 bits per heavy atom. The van der Waals surface area contributed by atoms with Crippen molar-refractivity contribution in [2.24, 2.45) is 0 Å².